The van der Waals surface area contributed by atoms with Crippen LogP contribution in [0.3, 0.4) is 0 Å². The van der Waals surface area contributed by atoms with Gasteiger partial charge in [-0.1, -0.05) is 0 Å². The van der Waals surface area contributed by atoms with Crippen molar-refractivity contribution < 1.29 is 9.47 Å². The van der Waals surface area contributed by atoms with Crippen molar-refractivity contribution in [2.24, 2.45) is 7.05 Å². The van der Waals surface area contributed by atoms with Crippen LogP contribution in [0.5, 0.6) is 0 Å². The van der Waals surface area contributed by atoms with Gasteiger partial charge in [0, 0.05) is 43.3 Å². The molecule has 1 aromatic carbocycles. The van der Waals surface area contributed by atoms with E-state index < -0.39 is 6.29 Å². The second kappa shape index (κ2) is 5.88. The summed E-state index contributed by atoms with van der Waals surface area (Å²) in [6, 6.07) is 4.34. The second-order valence-electron chi connectivity index (χ2n) is 4.55. The van der Waals surface area contributed by atoms with Crippen molar-refractivity contribution in [3.05, 3.63) is 29.0 Å². The Morgan fingerprint density at radius 3 is 2.50 bits per heavy atom. The van der Waals surface area contributed by atoms with Gasteiger partial charge in [-0.15, -0.1) is 11.8 Å². The number of fused-ring (bicyclic) bond motifs is 1. The topological polar surface area (TPSA) is 47.2 Å². The minimum absolute atomic E-state index is 0.432. The van der Waals surface area contributed by atoms with Gasteiger partial charge < -0.3 is 14.0 Å². The number of aryl methyl sites for hydroxylation is 1. The molecule has 106 valence electrons. The van der Waals surface area contributed by atoms with Gasteiger partial charge in [-0.25, -0.2) is 0 Å². The number of thioether (sulfide) groups is 1. The lowest BCUT2D eigenvalue weighted by Crippen LogP contribution is -2.08. The molecular formula is C15H18N2O2S. The molecular weight excluding hydrogens is 272 g/mol. The van der Waals surface area contributed by atoms with Crippen LogP contribution < -0.4 is 0 Å². The minimum Gasteiger partial charge on any atom is -0.352 e. The molecule has 0 unspecified atom stereocenters. The number of methoxy groups -OCH3 is 2. The van der Waals surface area contributed by atoms with Crippen molar-refractivity contribution in [3.8, 4) is 6.07 Å². The van der Waals surface area contributed by atoms with Crippen LogP contribution in [-0.4, -0.2) is 25.0 Å². The Bertz CT molecular complexity index is 681. The molecule has 2 rings (SSSR count). The van der Waals surface area contributed by atoms with Crippen LogP contribution in [0.15, 0.2) is 17.2 Å². The maximum atomic E-state index is 9.52. The first-order valence-electron chi connectivity index (χ1n) is 6.21. The summed E-state index contributed by atoms with van der Waals surface area (Å²) in [5.74, 6) is 0. The van der Waals surface area contributed by atoms with Crippen molar-refractivity contribution in [1.29, 1.82) is 5.26 Å². The number of hydrogen-bond donors (Lipinski definition) is 0. The Morgan fingerprint density at radius 2 is 2.00 bits per heavy atom. The molecule has 0 aliphatic rings. The summed E-state index contributed by atoms with van der Waals surface area (Å²) in [6.45, 7) is 2.01. The molecule has 0 atom stereocenters. The van der Waals surface area contributed by atoms with Crippen molar-refractivity contribution >= 4 is 22.7 Å². The van der Waals surface area contributed by atoms with Gasteiger partial charge in [0.1, 0.15) is 6.07 Å². The number of hydrogen-bond acceptors (Lipinski definition) is 4. The van der Waals surface area contributed by atoms with Crippen LogP contribution in [0.4, 0.5) is 0 Å². The normalized spacial score (nSPS) is 11.2. The lowest BCUT2D eigenvalue weighted by molar-refractivity contribution is -0.105. The van der Waals surface area contributed by atoms with Crippen LogP contribution in [0.2, 0.25) is 0 Å². The summed E-state index contributed by atoms with van der Waals surface area (Å²) < 4.78 is 12.8. The highest BCUT2D eigenvalue weighted by Crippen LogP contribution is 2.39. The number of nitrogens with zero attached hydrogens (tertiary/aromatic N) is 2. The number of benzene rings is 1. The van der Waals surface area contributed by atoms with Gasteiger partial charge in [-0.3, -0.25) is 0 Å². The lowest BCUT2D eigenvalue weighted by Gasteiger charge is -2.20. The van der Waals surface area contributed by atoms with E-state index >= 15 is 0 Å². The molecule has 20 heavy (non-hydrogen) atoms. The molecule has 1 heterocycles. The molecule has 0 aliphatic heterocycles. The fourth-order valence-corrected chi connectivity index (χ4v) is 3.43. The highest BCUT2D eigenvalue weighted by atomic mass is 32.2. The number of rotatable bonds is 4. The summed E-state index contributed by atoms with van der Waals surface area (Å²) in [5.41, 5.74) is 3.68. The average Bonchev–Trinajstić information content (AvgIpc) is 2.83. The maximum absolute atomic E-state index is 9.52. The molecule has 0 bridgehead atoms. The van der Waals surface area contributed by atoms with E-state index in [9.17, 15) is 5.26 Å². The molecule has 5 heteroatoms. The molecule has 4 nitrogen and oxygen atoms in total. The maximum Gasteiger partial charge on any atom is 0.184 e. The first-order chi connectivity index (χ1) is 9.60. The standard InChI is InChI=1S/C15H18N2O2S/c1-9-12(15(18-3)19-4)10-6-7-17(2)13(10)11(8-16)14(9)20-5/h6-7,15H,1-5H3. The van der Waals surface area contributed by atoms with Gasteiger partial charge >= 0.3 is 0 Å². The molecule has 1 aromatic heterocycles. The highest BCUT2D eigenvalue weighted by Gasteiger charge is 2.23. The van der Waals surface area contributed by atoms with Crippen LogP contribution in [0.1, 0.15) is 23.0 Å². The van der Waals surface area contributed by atoms with Gasteiger partial charge in [-0.05, 0) is 24.8 Å². The Kier molecular flexibility index (Phi) is 4.39. The van der Waals surface area contributed by atoms with Gasteiger partial charge in [0.25, 0.3) is 0 Å². The molecule has 0 spiro atoms. The summed E-state index contributed by atoms with van der Waals surface area (Å²) in [4.78, 5) is 0.982. The zero-order valence-electron chi connectivity index (χ0n) is 12.4. The van der Waals surface area contributed by atoms with Crippen molar-refractivity contribution in [2.75, 3.05) is 20.5 Å². The Hall–Kier alpha value is -1.48. The number of ether oxygens (including phenoxy) is 2. The number of aromatic nitrogens is 1. The van der Waals surface area contributed by atoms with Crippen LogP contribution in [0.25, 0.3) is 10.9 Å². The summed E-state index contributed by atoms with van der Waals surface area (Å²) in [7, 11) is 5.19. The van der Waals surface area contributed by atoms with Gasteiger partial charge in [0.2, 0.25) is 0 Å². The third kappa shape index (κ3) is 2.10. The summed E-state index contributed by atoms with van der Waals surface area (Å²) in [6.07, 6.45) is 3.51. The Labute approximate surface area is 123 Å². The molecule has 0 amide bonds. The molecule has 0 N–H and O–H groups in total. The van der Waals surface area contributed by atoms with Gasteiger partial charge in [-0.2, -0.15) is 5.26 Å². The van der Waals surface area contributed by atoms with E-state index in [1.807, 2.05) is 37.1 Å². The first-order valence-corrected chi connectivity index (χ1v) is 7.44. The van der Waals surface area contributed by atoms with Crippen LogP contribution >= 0.6 is 11.8 Å². The van der Waals surface area contributed by atoms with E-state index in [0.717, 1.165) is 26.9 Å². The largest absolute Gasteiger partial charge is 0.352 e. The minimum atomic E-state index is -0.432. The molecule has 0 saturated heterocycles. The van der Waals surface area contributed by atoms with Crippen molar-refractivity contribution in [2.45, 2.75) is 18.1 Å². The highest BCUT2D eigenvalue weighted by molar-refractivity contribution is 7.98. The van der Waals surface area contributed by atoms with E-state index in [-0.39, 0.29) is 0 Å². The second-order valence-corrected chi connectivity index (χ2v) is 5.37. The lowest BCUT2D eigenvalue weighted by atomic mass is 9.99. The molecule has 0 fully saturated rings. The van der Waals surface area contributed by atoms with Crippen LogP contribution in [-0.2, 0) is 16.5 Å². The van der Waals surface area contributed by atoms with Gasteiger partial charge in [0.15, 0.2) is 6.29 Å². The molecule has 0 radical (unpaired) electrons. The fraction of sp³-hybridized carbons (Fsp3) is 0.400. The summed E-state index contributed by atoms with van der Waals surface area (Å²) >= 11 is 1.58. The monoisotopic (exact) mass is 290 g/mol. The van der Waals surface area contributed by atoms with E-state index in [2.05, 4.69) is 6.07 Å². The molecule has 0 saturated carbocycles. The van der Waals surface area contributed by atoms with Crippen molar-refractivity contribution in [1.82, 2.24) is 4.57 Å². The fourth-order valence-electron chi connectivity index (χ4n) is 2.67. The predicted molar refractivity (Wildman–Crippen MR) is 80.9 cm³/mol. The SMILES string of the molecule is COC(OC)c1c(C)c(SC)c(C#N)c2c1ccn2C. The zero-order chi connectivity index (χ0) is 14.9. The van der Waals surface area contributed by atoms with Crippen molar-refractivity contribution in [3.63, 3.8) is 0 Å². The predicted octanol–water partition coefficient (Wildman–Crippen LogP) is 3.37. The van der Waals surface area contributed by atoms with E-state index in [1.54, 1.807) is 26.0 Å². The third-order valence-corrected chi connectivity index (χ3v) is 4.47. The molecule has 0 aliphatic carbocycles. The third-order valence-electron chi connectivity index (χ3n) is 3.55. The molecule has 2 aromatic rings. The average molecular weight is 290 g/mol. The smallest absolute Gasteiger partial charge is 0.184 e. The Balaban J connectivity index is 2.95. The van der Waals surface area contributed by atoms with Crippen LogP contribution in [0, 0.1) is 18.3 Å². The van der Waals surface area contributed by atoms with E-state index in [4.69, 9.17) is 9.47 Å². The number of nitriles is 1. The van der Waals surface area contributed by atoms with E-state index in [1.165, 1.54) is 0 Å². The van der Waals surface area contributed by atoms with Gasteiger partial charge in [0.05, 0.1) is 11.1 Å². The Morgan fingerprint density at radius 1 is 1.35 bits per heavy atom. The zero-order valence-corrected chi connectivity index (χ0v) is 13.2. The van der Waals surface area contributed by atoms with E-state index in [0.29, 0.717) is 5.56 Å². The quantitative estimate of drug-likeness (QED) is 0.640. The summed E-state index contributed by atoms with van der Waals surface area (Å²) in [5, 5.41) is 10.5. The first kappa shape index (κ1) is 14.9.